The molecule has 0 aliphatic carbocycles. The Bertz CT molecular complexity index is 259. The van der Waals surface area contributed by atoms with Gasteiger partial charge < -0.3 is 10.6 Å². The highest BCUT2D eigenvalue weighted by molar-refractivity contribution is 5.82. The zero-order valence-corrected chi connectivity index (χ0v) is 9.96. The van der Waals surface area contributed by atoms with Crippen LogP contribution in [0.1, 0.15) is 39.0 Å². The minimum absolute atomic E-state index is 0.0234. The number of nitrogens with zero attached hydrogens (tertiary/aromatic N) is 1. The Labute approximate surface area is 97.4 Å². The third-order valence-corrected chi connectivity index (χ3v) is 3.07. The van der Waals surface area contributed by atoms with Gasteiger partial charge in [0.05, 0.1) is 12.1 Å². The van der Waals surface area contributed by atoms with E-state index in [0.717, 1.165) is 32.2 Å². The number of piperidine rings is 1. The van der Waals surface area contributed by atoms with Gasteiger partial charge in [0.15, 0.2) is 0 Å². The van der Waals surface area contributed by atoms with E-state index in [0.29, 0.717) is 18.9 Å². The van der Waals surface area contributed by atoms with E-state index in [9.17, 15) is 4.79 Å². The number of nitriles is 1. The van der Waals surface area contributed by atoms with Crippen LogP contribution in [0.4, 0.5) is 0 Å². The van der Waals surface area contributed by atoms with Crippen molar-refractivity contribution in [3.8, 4) is 6.07 Å². The molecule has 0 spiro atoms. The van der Waals surface area contributed by atoms with Gasteiger partial charge in [-0.2, -0.15) is 5.26 Å². The molecule has 2 atom stereocenters. The Morgan fingerprint density at radius 1 is 1.56 bits per heavy atom. The average Bonchev–Trinajstić information content (AvgIpc) is 2.29. The second-order valence-electron chi connectivity index (χ2n) is 4.46. The third-order valence-electron chi connectivity index (χ3n) is 3.07. The van der Waals surface area contributed by atoms with Crippen LogP contribution in [0.15, 0.2) is 0 Å². The zero-order valence-electron chi connectivity index (χ0n) is 9.96. The van der Waals surface area contributed by atoms with E-state index < -0.39 is 0 Å². The summed E-state index contributed by atoms with van der Waals surface area (Å²) in [5.41, 5.74) is 0. The number of carbonyl (C=O) groups is 1. The van der Waals surface area contributed by atoms with Gasteiger partial charge in [-0.3, -0.25) is 4.79 Å². The number of hydrogen-bond acceptors (Lipinski definition) is 3. The SMILES string of the molecule is CC1CCCNC1C(=O)NCCCCC#N. The quantitative estimate of drug-likeness (QED) is 0.688. The van der Waals surface area contributed by atoms with Crippen LogP contribution in [-0.4, -0.2) is 25.0 Å². The molecule has 0 aromatic carbocycles. The third kappa shape index (κ3) is 4.19. The maximum Gasteiger partial charge on any atom is 0.237 e. The molecule has 1 fully saturated rings. The molecule has 0 bridgehead atoms. The van der Waals surface area contributed by atoms with Crippen molar-refractivity contribution in [3.63, 3.8) is 0 Å². The molecule has 0 aromatic rings. The molecule has 4 nitrogen and oxygen atoms in total. The van der Waals surface area contributed by atoms with E-state index in [1.807, 2.05) is 0 Å². The van der Waals surface area contributed by atoms with Gasteiger partial charge in [0.25, 0.3) is 0 Å². The van der Waals surface area contributed by atoms with Crippen LogP contribution in [0.5, 0.6) is 0 Å². The van der Waals surface area contributed by atoms with Gasteiger partial charge in [0.2, 0.25) is 5.91 Å². The van der Waals surface area contributed by atoms with Crippen molar-refractivity contribution >= 4 is 5.91 Å². The predicted molar refractivity (Wildman–Crippen MR) is 62.7 cm³/mol. The van der Waals surface area contributed by atoms with Crippen LogP contribution in [0.25, 0.3) is 0 Å². The normalized spacial score (nSPS) is 24.8. The highest BCUT2D eigenvalue weighted by atomic mass is 16.2. The first-order valence-electron chi connectivity index (χ1n) is 6.13. The molecule has 90 valence electrons. The van der Waals surface area contributed by atoms with E-state index in [-0.39, 0.29) is 11.9 Å². The number of hydrogen-bond donors (Lipinski definition) is 2. The van der Waals surface area contributed by atoms with E-state index in [1.165, 1.54) is 0 Å². The Hall–Kier alpha value is -1.08. The summed E-state index contributed by atoms with van der Waals surface area (Å²) in [6, 6.07) is 2.08. The van der Waals surface area contributed by atoms with Gasteiger partial charge in [-0.05, 0) is 38.1 Å². The summed E-state index contributed by atoms with van der Waals surface area (Å²) in [4.78, 5) is 11.8. The number of nitrogens with one attached hydrogen (secondary N) is 2. The van der Waals surface area contributed by atoms with Gasteiger partial charge in [-0.1, -0.05) is 6.92 Å². The fourth-order valence-electron chi connectivity index (χ4n) is 2.05. The maximum atomic E-state index is 11.8. The van der Waals surface area contributed by atoms with Gasteiger partial charge in [-0.15, -0.1) is 0 Å². The van der Waals surface area contributed by atoms with Gasteiger partial charge in [-0.25, -0.2) is 0 Å². The van der Waals surface area contributed by atoms with Gasteiger partial charge in [0, 0.05) is 13.0 Å². The predicted octanol–water partition coefficient (Wildman–Crippen LogP) is 1.18. The first-order valence-corrected chi connectivity index (χ1v) is 6.13. The zero-order chi connectivity index (χ0) is 11.8. The standard InChI is InChI=1S/C12H21N3O/c1-10-6-5-9-14-11(10)12(16)15-8-4-2-3-7-13/h10-11,14H,2-6,8-9H2,1H3,(H,15,16). The van der Waals surface area contributed by atoms with Crippen LogP contribution >= 0.6 is 0 Å². The number of amides is 1. The van der Waals surface area contributed by atoms with Gasteiger partial charge >= 0.3 is 0 Å². The average molecular weight is 223 g/mol. The largest absolute Gasteiger partial charge is 0.355 e. The molecular formula is C12H21N3O. The molecule has 1 aliphatic heterocycles. The first-order chi connectivity index (χ1) is 7.75. The molecule has 0 aromatic heterocycles. The molecule has 4 heteroatoms. The van der Waals surface area contributed by atoms with Crippen molar-refractivity contribution in [3.05, 3.63) is 0 Å². The molecule has 1 rings (SSSR count). The van der Waals surface area contributed by atoms with Gasteiger partial charge in [0.1, 0.15) is 0 Å². The van der Waals surface area contributed by atoms with Crippen LogP contribution in [-0.2, 0) is 4.79 Å². The Morgan fingerprint density at radius 3 is 3.06 bits per heavy atom. The summed E-state index contributed by atoms with van der Waals surface area (Å²) in [5, 5.41) is 14.6. The summed E-state index contributed by atoms with van der Waals surface area (Å²) in [7, 11) is 0. The number of carbonyl (C=O) groups excluding carboxylic acids is 1. The highest BCUT2D eigenvalue weighted by Gasteiger charge is 2.26. The topological polar surface area (TPSA) is 64.9 Å². The number of unbranched alkanes of at least 4 members (excludes halogenated alkanes) is 2. The smallest absolute Gasteiger partial charge is 0.237 e. The lowest BCUT2D eigenvalue weighted by Gasteiger charge is -2.28. The second-order valence-corrected chi connectivity index (χ2v) is 4.46. The van der Waals surface area contributed by atoms with Crippen molar-refractivity contribution in [1.82, 2.24) is 10.6 Å². The van der Waals surface area contributed by atoms with E-state index in [2.05, 4.69) is 23.6 Å². The summed E-state index contributed by atoms with van der Waals surface area (Å²) >= 11 is 0. The molecule has 1 amide bonds. The fourth-order valence-corrected chi connectivity index (χ4v) is 2.05. The minimum atomic E-state index is -0.0234. The summed E-state index contributed by atoms with van der Waals surface area (Å²) in [5.74, 6) is 0.539. The van der Waals surface area contributed by atoms with E-state index in [4.69, 9.17) is 5.26 Å². The van der Waals surface area contributed by atoms with E-state index >= 15 is 0 Å². The molecule has 2 unspecified atom stereocenters. The van der Waals surface area contributed by atoms with Crippen molar-refractivity contribution in [2.45, 2.75) is 45.1 Å². The minimum Gasteiger partial charge on any atom is -0.355 e. The first kappa shape index (κ1) is 13.0. The van der Waals surface area contributed by atoms with Crippen LogP contribution < -0.4 is 10.6 Å². The Morgan fingerprint density at radius 2 is 2.38 bits per heavy atom. The fraction of sp³-hybridized carbons (Fsp3) is 0.833. The molecule has 16 heavy (non-hydrogen) atoms. The van der Waals surface area contributed by atoms with E-state index in [1.54, 1.807) is 0 Å². The molecule has 0 saturated carbocycles. The lowest BCUT2D eigenvalue weighted by Crippen LogP contribution is -2.51. The summed E-state index contributed by atoms with van der Waals surface area (Å²) in [6.45, 7) is 3.74. The lowest BCUT2D eigenvalue weighted by atomic mass is 9.92. The maximum absolute atomic E-state index is 11.8. The van der Waals surface area contributed by atoms with Crippen LogP contribution in [0, 0.1) is 17.2 Å². The van der Waals surface area contributed by atoms with Crippen molar-refractivity contribution in [1.29, 1.82) is 5.26 Å². The second kappa shape index (κ2) is 7.24. The lowest BCUT2D eigenvalue weighted by molar-refractivity contribution is -0.124. The molecule has 2 N–H and O–H groups in total. The Balaban J connectivity index is 2.16. The van der Waals surface area contributed by atoms with Crippen LogP contribution in [0.2, 0.25) is 0 Å². The van der Waals surface area contributed by atoms with Crippen molar-refractivity contribution < 1.29 is 4.79 Å². The summed E-state index contributed by atoms with van der Waals surface area (Å²) < 4.78 is 0. The summed E-state index contributed by atoms with van der Waals surface area (Å²) in [6.07, 6.45) is 4.62. The molecule has 0 radical (unpaired) electrons. The number of rotatable bonds is 5. The molecular weight excluding hydrogens is 202 g/mol. The molecule has 1 saturated heterocycles. The Kier molecular flexibility index (Phi) is 5.87. The molecule has 1 heterocycles. The molecule has 1 aliphatic rings. The van der Waals surface area contributed by atoms with Crippen molar-refractivity contribution in [2.24, 2.45) is 5.92 Å². The highest BCUT2D eigenvalue weighted by Crippen LogP contribution is 2.15. The monoisotopic (exact) mass is 223 g/mol. The van der Waals surface area contributed by atoms with Crippen LogP contribution in [0.3, 0.4) is 0 Å². The van der Waals surface area contributed by atoms with Crippen molar-refractivity contribution in [2.75, 3.05) is 13.1 Å².